The van der Waals surface area contributed by atoms with Crippen molar-refractivity contribution in [2.24, 2.45) is 0 Å². The standard InChI is InChI=1S/C17H16BrN3O2/c1-12(22)20-15-3-2-4-16(11-15)21-17(23)19-10-9-13-5-7-14(18)8-6-13/h2-11H,1H3,(H,20,22)(H2,19,21,23)/b10-9+. The Morgan fingerprint density at radius 3 is 2.30 bits per heavy atom. The van der Waals surface area contributed by atoms with E-state index in [0.29, 0.717) is 11.4 Å². The molecule has 2 rings (SSSR count). The minimum atomic E-state index is -0.363. The number of nitrogens with one attached hydrogen (secondary N) is 3. The molecule has 3 amide bonds. The van der Waals surface area contributed by atoms with E-state index in [4.69, 9.17) is 0 Å². The molecule has 0 spiro atoms. The predicted molar refractivity (Wildman–Crippen MR) is 96.1 cm³/mol. The topological polar surface area (TPSA) is 70.2 Å². The zero-order chi connectivity index (χ0) is 16.7. The molecule has 2 aromatic rings. The Balaban J connectivity index is 1.89. The van der Waals surface area contributed by atoms with Crippen LogP contribution in [0.15, 0.2) is 59.2 Å². The molecular weight excluding hydrogens is 358 g/mol. The van der Waals surface area contributed by atoms with Gasteiger partial charge in [-0.1, -0.05) is 34.1 Å². The highest BCUT2D eigenvalue weighted by molar-refractivity contribution is 9.10. The van der Waals surface area contributed by atoms with Gasteiger partial charge in [0, 0.05) is 29.0 Å². The first kappa shape index (κ1) is 16.8. The molecule has 118 valence electrons. The molecular formula is C17H16BrN3O2. The fourth-order valence-corrected chi connectivity index (χ4v) is 2.10. The van der Waals surface area contributed by atoms with Crippen molar-refractivity contribution in [3.8, 4) is 0 Å². The van der Waals surface area contributed by atoms with Crippen LogP contribution in [0.4, 0.5) is 16.2 Å². The number of hydrogen-bond donors (Lipinski definition) is 3. The van der Waals surface area contributed by atoms with Gasteiger partial charge in [0.15, 0.2) is 0 Å². The second-order valence-electron chi connectivity index (χ2n) is 4.75. The number of urea groups is 1. The van der Waals surface area contributed by atoms with Crippen LogP contribution in [0.25, 0.3) is 6.08 Å². The average Bonchev–Trinajstić information content (AvgIpc) is 2.49. The second-order valence-corrected chi connectivity index (χ2v) is 5.66. The van der Waals surface area contributed by atoms with E-state index in [0.717, 1.165) is 10.0 Å². The van der Waals surface area contributed by atoms with Gasteiger partial charge < -0.3 is 16.0 Å². The van der Waals surface area contributed by atoms with Crippen LogP contribution >= 0.6 is 15.9 Å². The van der Waals surface area contributed by atoms with Crippen LogP contribution in [-0.4, -0.2) is 11.9 Å². The molecule has 3 N–H and O–H groups in total. The maximum atomic E-state index is 11.8. The quantitative estimate of drug-likeness (QED) is 0.751. The van der Waals surface area contributed by atoms with E-state index in [2.05, 4.69) is 31.9 Å². The highest BCUT2D eigenvalue weighted by Gasteiger charge is 2.01. The number of rotatable bonds is 4. The molecule has 0 aliphatic carbocycles. The zero-order valence-corrected chi connectivity index (χ0v) is 14.1. The number of anilines is 2. The molecule has 0 saturated heterocycles. The summed E-state index contributed by atoms with van der Waals surface area (Å²) >= 11 is 3.36. The fraction of sp³-hybridized carbons (Fsp3) is 0.0588. The van der Waals surface area contributed by atoms with Crippen molar-refractivity contribution >= 4 is 45.3 Å². The summed E-state index contributed by atoms with van der Waals surface area (Å²) in [4.78, 5) is 22.8. The van der Waals surface area contributed by atoms with E-state index in [9.17, 15) is 9.59 Å². The molecule has 5 nitrogen and oxygen atoms in total. The Labute approximate surface area is 142 Å². The Kier molecular flexibility index (Phi) is 5.94. The summed E-state index contributed by atoms with van der Waals surface area (Å²) in [5.74, 6) is -0.163. The lowest BCUT2D eigenvalue weighted by molar-refractivity contribution is -0.114. The zero-order valence-electron chi connectivity index (χ0n) is 12.5. The van der Waals surface area contributed by atoms with Gasteiger partial charge in [-0.15, -0.1) is 0 Å². The molecule has 2 aromatic carbocycles. The molecule has 0 unspecified atom stereocenters. The minimum Gasteiger partial charge on any atom is -0.326 e. The third-order valence-corrected chi connectivity index (χ3v) is 3.33. The molecule has 0 saturated carbocycles. The first-order valence-corrected chi connectivity index (χ1v) is 7.69. The Bertz CT molecular complexity index is 727. The Morgan fingerprint density at radius 2 is 1.65 bits per heavy atom. The van der Waals surface area contributed by atoms with Gasteiger partial charge in [0.05, 0.1) is 0 Å². The Hall–Kier alpha value is -2.60. The van der Waals surface area contributed by atoms with Gasteiger partial charge >= 0.3 is 6.03 Å². The number of hydrogen-bond acceptors (Lipinski definition) is 2. The van der Waals surface area contributed by atoms with Gasteiger partial charge in [-0.2, -0.15) is 0 Å². The molecule has 6 heteroatoms. The molecule has 0 atom stereocenters. The molecule has 0 aliphatic rings. The maximum absolute atomic E-state index is 11.8. The van der Waals surface area contributed by atoms with Crippen molar-refractivity contribution in [3.05, 3.63) is 64.8 Å². The number of carbonyl (C=O) groups excluding carboxylic acids is 2. The lowest BCUT2D eigenvalue weighted by Crippen LogP contribution is -2.23. The molecule has 0 fully saturated rings. The van der Waals surface area contributed by atoms with Crippen molar-refractivity contribution in [1.29, 1.82) is 0 Å². The molecule has 0 aromatic heterocycles. The van der Waals surface area contributed by atoms with Crippen molar-refractivity contribution in [1.82, 2.24) is 5.32 Å². The molecule has 0 radical (unpaired) electrons. The number of halogens is 1. The third-order valence-electron chi connectivity index (χ3n) is 2.80. The van der Waals surface area contributed by atoms with Crippen LogP contribution < -0.4 is 16.0 Å². The molecule has 23 heavy (non-hydrogen) atoms. The summed E-state index contributed by atoms with van der Waals surface area (Å²) in [7, 11) is 0. The summed E-state index contributed by atoms with van der Waals surface area (Å²) in [5.41, 5.74) is 2.19. The normalized spacial score (nSPS) is 10.3. The summed E-state index contributed by atoms with van der Waals surface area (Å²) in [6.45, 7) is 1.43. The number of benzene rings is 2. The van der Waals surface area contributed by atoms with E-state index < -0.39 is 0 Å². The molecule has 0 bridgehead atoms. The summed E-state index contributed by atoms with van der Waals surface area (Å²) in [5, 5.41) is 7.97. The SMILES string of the molecule is CC(=O)Nc1cccc(NC(=O)N/C=C/c2ccc(Br)cc2)c1. The van der Waals surface area contributed by atoms with Crippen LogP contribution in [0, 0.1) is 0 Å². The van der Waals surface area contributed by atoms with Crippen molar-refractivity contribution < 1.29 is 9.59 Å². The average molecular weight is 374 g/mol. The van der Waals surface area contributed by atoms with Crippen LogP contribution in [-0.2, 0) is 4.79 Å². The first-order valence-electron chi connectivity index (χ1n) is 6.90. The van der Waals surface area contributed by atoms with E-state index in [1.165, 1.54) is 6.92 Å². The minimum absolute atomic E-state index is 0.163. The monoisotopic (exact) mass is 373 g/mol. The highest BCUT2D eigenvalue weighted by Crippen LogP contribution is 2.15. The number of amides is 3. The van der Waals surface area contributed by atoms with E-state index >= 15 is 0 Å². The van der Waals surface area contributed by atoms with Gasteiger partial charge in [0.25, 0.3) is 0 Å². The molecule has 0 heterocycles. The second kappa shape index (κ2) is 8.14. The van der Waals surface area contributed by atoms with Crippen molar-refractivity contribution in [2.45, 2.75) is 6.92 Å². The van der Waals surface area contributed by atoms with E-state index in [1.54, 1.807) is 36.5 Å². The summed E-state index contributed by atoms with van der Waals surface area (Å²) in [6.07, 6.45) is 3.36. The van der Waals surface area contributed by atoms with Crippen LogP contribution in [0.5, 0.6) is 0 Å². The van der Waals surface area contributed by atoms with Crippen LogP contribution in [0.1, 0.15) is 12.5 Å². The molecule has 0 aliphatic heterocycles. The van der Waals surface area contributed by atoms with Gasteiger partial charge in [-0.05, 0) is 42.0 Å². The Morgan fingerprint density at radius 1 is 1.00 bits per heavy atom. The van der Waals surface area contributed by atoms with E-state index in [-0.39, 0.29) is 11.9 Å². The van der Waals surface area contributed by atoms with Gasteiger partial charge in [-0.25, -0.2) is 4.79 Å². The predicted octanol–water partition coefficient (Wildman–Crippen LogP) is 4.20. The van der Waals surface area contributed by atoms with Crippen molar-refractivity contribution in [3.63, 3.8) is 0 Å². The first-order chi connectivity index (χ1) is 11.0. The summed E-state index contributed by atoms with van der Waals surface area (Å²) < 4.78 is 0.999. The van der Waals surface area contributed by atoms with Crippen LogP contribution in [0.3, 0.4) is 0 Å². The fourth-order valence-electron chi connectivity index (χ4n) is 1.83. The highest BCUT2D eigenvalue weighted by atomic mass is 79.9. The lowest BCUT2D eigenvalue weighted by Gasteiger charge is -2.07. The maximum Gasteiger partial charge on any atom is 0.323 e. The number of carbonyl (C=O) groups is 2. The largest absolute Gasteiger partial charge is 0.326 e. The van der Waals surface area contributed by atoms with E-state index in [1.807, 2.05) is 24.3 Å². The van der Waals surface area contributed by atoms with Crippen molar-refractivity contribution in [2.75, 3.05) is 10.6 Å². The smallest absolute Gasteiger partial charge is 0.323 e. The third kappa shape index (κ3) is 5.96. The van der Waals surface area contributed by atoms with Gasteiger partial charge in [0.2, 0.25) is 5.91 Å². The lowest BCUT2D eigenvalue weighted by atomic mass is 10.2. The van der Waals surface area contributed by atoms with Gasteiger partial charge in [0.1, 0.15) is 0 Å². The summed E-state index contributed by atoms with van der Waals surface area (Å²) in [6, 6.07) is 14.3. The van der Waals surface area contributed by atoms with Gasteiger partial charge in [-0.3, -0.25) is 4.79 Å². The van der Waals surface area contributed by atoms with Crippen LogP contribution in [0.2, 0.25) is 0 Å².